The molecule has 0 aliphatic rings. The summed E-state index contributed by atoms with van der Waals surface area (Å²) in [5, 5.41) is 4.61. The molecular weight excluding hydrogens is 348 g/mol. The Hall–Kier alpha value is -2.06. The Labute approximate surface area is 148 Å². The highest BCUT2D eigenvalue weighted by molar-refractivity contribution is 8.01. The quantitative estimate of drug-likeness (QED) is 0.572. The lowest BCUT2D eigenvalue weighted by molar-refractivity contribution is -0.142. The number of aromatic nitrogens is 1. The average molecular weight is 366 g/mol. The maximum atomic E-state index is 11.9. The zero-order valence-electron chi connectivity index (χ0n) is 13.4. The summed E-state index contributed by atoms with van der Waals surface area (Å²) < 4.78 is 10.7. The molecule has 2 rings (SSSR count). The number of hydrogen-bond donors (Lipinski definition) is 1. The largest absolute Gasteiger partial charge is 0.497 e. The fraction of sp³-hybridized carbons (Fsp3) is 0.312. The monoisotopic (exact) mass is 366 g/mol. The van der Waals surface area contributed by atoms with E-state index in [0.717, 1.165) is 10.1 Å². The van der Waals surface area contributed by atoms with Crippen molar-refractivity contribution in [3.8, 4) is 5.75 Å². The molecule has 8 heteroatoms. The van der Waals surface area contributed by atoms with E-state index in [0.29, 0.717) is 18.0 Å². The lowest BCUT2D eigenvalue weighted by atomic mass is 10.3. The smallest absolute Gasteiger partial charge is 0.311 e. The Morgan fingerprint density at radius 1 is 1.29 bits per heavy atom. The van der Waals surface area contributed by atoms with E-state index in [9.17, 15) is 9.59 Å². The molecule has 1 N–H and O–H groups in total. The number of carbonyl (C=O) groups excluding carboxylic acids is 2. The Morgan fingerprint density at radius 2 is 2.04 bits per heavy atom. The second-order valence-electron chi connectivity index (χ2n) is 4.65. The molecule has 0 radical (unpaired) electrons. The van der Waals surface area contributed by atoms with Crippen LogP contribution < -0.4 is 10.1 Å². The van der Waals surface area contributed by atoms with Gasteiger partial charge in [0.25, 0.3) is 0 Å². The molecular formula is C16H18N2O4S2. The number of rotatable bonds is 8. The highest BCUT2D eigenvalue weighted by atomic mass is 32.2. The fourth-order valence-corrected chi connectivity index (χ4v) is 3.44. The van der Waals surface area contributed by atoms with Crippen LogP contribution in [0.25, 0.3) is 0 Å². The Kier molecular flexibility index (Phi) is 7.07. The molecule has 0 aliphatic carbocycles. The van der Waals surface area contributed by atoms with E-state index in [2.05, 4.69) is 10.3 Å². The van der Waals surface area contributed by atoms with E-state index in [1.54, 1.807) is 43.7 Å². The molecule has 6 nitrogen and oxygen atoms in total. The molecule has 0 saturated heterocycles. The minimum absolute atomic E-state index is 0.118. The van der Waals surface area contributed by atoms with Crippen molar-refractivity contribution in [1.29, 1.82) is 0 Å². The second-order valence-corrected chi connectivity index (χ2v) is 6.73. The molecule has 2 aromatic rings. The third kappa shape index (κ3) is 5.86. The van der Waals surface area contributed by atoms with Crippen molar-refractivity contribution in [2.75, 3.05) is 24.8 Å². The van der Waals surface area contributed by atoms with Crippen LogP contribution in [-0.4, -0.2) is 36.3 Å². The summed E-state index contributed by atoms with van der Waals surface area (Å²) in [4.78, 5) is 27.7. The van der Waals surface area contributed by atoms with E-state index >= 15 is 0 Å². The molecule has 1 heterocycles. The van der Waals surface area contributed by atoms with Crippen LogP contribution in [0.4, 0.5) is 5.69 Å². The molecule has 24 heavy (non-hydrogen) atoms. The number of amides is 1. The van der Waals surface area contributed by atoms with E-state index in [4.69, 9.17) is 9.47 Å². The molecule has 1 amide bonds. The predicted molar refractivity (Wildman–Crippen MR) is 94.8 cm³/mol. The van der Waals surface area contributed by atoms with Gasteiger partial charge in [0.15, 0.2) is 4.34 Å². The number of hydrogen-bond acceptors (Lipinski definition) is 7. The summed E-state index contributed by atoms with van der Waals surface area (Å²) in [6, 6.07) is 7.13. The maximum Gasteiger partial charge on any atom is 0.311 e. The molecule has 0 fully saturated rings. The number of carbonyl (C=O) groups is 2. The first kappa shape index (κ1) is 18.3. The average Bonchev–Trinajstić information content (AvgIpc) is 3.01. The number of nitrogens with zero attached hydrogens (tertiary/aromatic N) is 1. The molecule has 0 unspecified atom stereocenters. The zero-order chi connectivity index (χ0) is 17.4. The third-order valence-corrected chi connectivity index (χ3v) is 4.93. The van der Waals surface area contributed by atoms with Crippen LogP contribution in [0.15, 0.2) is 34.0 Å². The van der Waals surface area contributed by atoms with E-state index in [1.165, 1.54) is 23.1 Å². The van der Waals surface area contributed by atoms with Gasteiger partial charge in [-0.1, -0.05) is 11.8 Å². The summed E-state index contributed by atoms with van der Waals surface area (Å²) in [6.07, 6.45) is 0.156. The molecule has 0 bridgehead atoms. The van der Waals surface area contributed by atoms with Crippen LogP contribution in [0.2, 0.25) is 0 Å². The van der Waals surface area contributed by atoms with Crippen molar-refractivity contribution in [3.63, 3.8) is 0 Å². The molecule has 0 spiro atoms. The van der Waals surface area contributed by atoms with Crippen LogP contribution in [0.1, 0.15) is 12.6 Å². The molecule has 1 aromatic carbocycles. The van der Waals surface area contributed by atoms with Gasteiger partial charge in [0.05, 0.1) is 31.6 Å². The van der Waals surface area contributed by atoms with Crippen molar-refractivity contribution in [1.82, 2.24) is 4.98 Å². The van der Waals surface area contributed by atoms with Crippen LogP contribution in [-0.2, 0) is 20.7 Å². The Balaban J connectivity index is 1.79. The van der Waals surface area contributed by atoms with Gasteiger partial charge in [0.1, 0.15) is 5.75 Å². The van der Waals surface area contributed by atoms with Crippen molar-refractivity contribution in [2.24, 2.45) is 0 Å². The lowest BCUT2D eigenvalue weighted by Gasteiger charge is -2.05. The van der Waals surface area contributed by atoms with Gasteiger partial charge in [-0.3, -0.25) is 9.59 Å². The molecule has 1 aromatic heterocycles. The third-order valence-electron chi connectivity index (χ3n) is 2.86. The summed E-state index contributed by atoms with van der Waals surface area (Å²) in [7, 11) is 1.59. The second kappa shape index (κ2) is 9.29. The zero-order valence-corrected chi connectivity index (χ0v) is 15.0. The number of nitrogens with one attached hydrogen (secondary N) is 1. The number of benzene rings is 1. The van der Waals surface area contributed by atoms with Crippen molar-refractivity contribution < 1.29 is 19.1 Å². The van der Waals surface area contributed by atoms with Gasteiger partial charge >= 0.3 is 5.97 Å². The van der Waals surface area contributed by atoms with E-state index in [-0.39, 0.29) is 24.1 Å². The SMILES string of the molecule is CCOC(=O)Cc1csc(SCC(=O)Nc2ccc(OC)cc2)n1. The molecule has 0 saturated carbocycles. The lowest BCUT2D eigenvalue weighted by Crippen LogP contribution is -2.13. The van der Waals surface area contributed by atoms with Crippen molar-refractivity contribution in [2.45, 2.75) is 17.7 Å². The minimum atomic E-state index is -0.295. The number of anilines is 1. The van der Waals surface area contributed by atoms with Gasteiger partial charge < -0.3 is 14.8 Å². The highest BCUT2D eigenvalue weighted by Crippen LogP contribution is 2.23. The molecule has 0 atom stereocenters. The van der Waals surface area contributed by atoms with Gasteiger partial charge in [0.2, 0.25) is 5.91 Å². The summed E-state index contributed by atoms with van der Waals surface area (Å²) >= 11 is 2.75. The number of esters is 1. The fourth-order valence-electron chi connectivity index (χ4n) is 1.79. The Bertz CT molecular complexity index is 686. The summed E-state index contributed by atoms with van der Waals surface area (Å²) in [5.41, 5.74) is 1.38. The molecule has 128 valence electrons. The van der Waals surface area contributed by atoms with Gasteiger partial charge in [-0.25, -0.2) is 4.98 Å². The minimum Gasteiger partial charge on any atom is -0.497 e. The van der Waals surface area contributed by atoms with Crippen molar-refractivity contribution >= 4 is 40.7 Å². The predicted octanol–water partition coefficient (Wildman–Crippen LogP) is 2.99. The maximum absolute atomic E-state index is 11.9. The number of ether oxygens (including phenoxy) is 2. The summed E-state index contributed by atoms with van der Waals surface area (Å²) in [5.74, 6) is 0.571. The van der Waals surface area contributed by atoms with Gasteiger partial charge in [-0.15, -0.1) is 11.3 Å². The van der Waals surface area contributed by atoms with Gasteiger partial charge in [-0.2, -0.15) is 0 Å². The molecule has 0 aliphatic heterocycles. The first-order valence-corrected chi connectivity index (χ1v) is 9.14. The first-order chi connectivity index (χ1) is 11.6. The van der Waals surface area contributed by atoms with Crippen molar-refractivity contribution in [3.05, 3.63) is 35.3 Å². The van der Waals surface area contributed by atoms with Crippen LogP contribution in [0.5, 0.6) is 5.75 Å². The number of thiazole rings is 1. The first-order valence-electron chi connectivity index (χ1n) is 7.27. The van der Waals surface area contributed by atoms with E-state index < -0.39 is 0 Å². The summed E-state index contributed by atoms with van der Waals surface area (Å²) in [6.45, 7) is 2.12. The topological polar surface area (TPSA) is 77.5 Å². The van der Waals surface area contributed by atoms with E-state index in [1.807, 2.05) is 0 Å². The normalized spacial score (nSPS) is 10.2. The standard InChI is InChI=1S/C16H18N2O4S2/c1-3-22-15(20)8-12-9-23-16(18-12)24-10-14(19)17-11-4-6-13(21-2)7-5-11/h4-7,9H,3,8,10H2,1-2H3,(H,17,19). The van der Waals surface area contributed by atoms with Crippen LogP contribution in [0, 0.1) is 0 Å². The number of thioether (sulfide) groups is 1. The van der Waals surface area contributed by atoms with Gasteiger partial charge in [0, 0.05) is 11.1 Å². The van der Waals surface area contributed by atoms with Gasteiger partial charge in [-0.05, 0) is 31.2 Å². The van der Waals surface area contributed by atoms with Crippen LogP contribution in [0.3, 0.4) is 0 Å². The van der Waals surface area contributed by atoms with Crippen LogP contribution >= 0.6 is 23.1 Å². The Morgan fingerprint density at radius 3 is 2.71 bits per heavy atom. The number of methoxy groups -OCH3 is 1. The highest BCUT2D eigenvalue weighted by Gasteiger charge is 2.10.